The van der Waals surface area contributed by atoms with Gasteiger partial charge in [0.15, 0.2) is 0 Å². The van der Waals surface area contributed by atoms with Gasteiger partial charge in [0.1, 0.15) is 4.88 Å². The van der Waals surface area contributed by atoms with Gasteiger partial charge >= 0.3 is 0 Å². The van der Waals surface area contributed by atoms with Crippen molar-refractivity contribution in [1.29, 1.82) is 0 Å². The first-order chi connectivity index (χ1) is 12.0. The van der Waals surface area contributed by atoms with Crippen LogP contribution in [0.2, 0.25) is 10.0 Å². The summed E-state index contributed by atoms with van der Waals surface area (Å²) in [4.78, 5) is 12.7. The van der Waals surface area contributed by atoms with Gasteiger partial charge in [0.2, 0.25) is 12.1 Å². The molecule has 0 saturated heterocycles. The molecule has 126 valence electrons. The normalized spacial score (nSPS) is 16.8. The number of hydrogen-bond acceptors (Lipinski definition) is 4. The Balaban J connectivity index is 1.77. The van der Waals surface area contributed by atoms with Gasteiger partial charge in [0, 0.05) is 27.6 Å². The second-order valence-corrected chi connectivity index (χ2v) is 7.40. The molecule has 0 spiro atoms. The van der Waals surface area contributed by atoms with Crippen LogP contribution in [0.3, 0.4) is 0 Å². The van der Waals surface area contributed by atoms with Gasteiger partial charge in [-0.05, 0) is 18.2 Å². The Bertz CT molecular complexity index is 1000. The van der Waals surface area contributed by atoms with E-state index in [1.165, 1.54) is 23.3 Å². The van der Waals surface area contributed by atoms with Crippen molar-refractivity contribution in [3.05, 3.63) is 69.0 Å². The molecule has 25 heavy (non-hydrogen) atoms. The number of thiophene rings is 1. The van der Waals surface area contributed by atoms with Crippen LogP contribution >= 0.6 is 34.5 Å². The highest BCUT2D eigenvalue weighted by Gasteiger charge is 2.34. The number of ether oxygens (including phenoxy) is 1. The minimum atomic E-state index is -0.599. The van der Waals surface area contributed by atoms with Gasteiger partial charge in [0.25, 0.3) is 5.90 Å². The first kappa shape index (κ1) is 16.4. The van der Waals surface area contributed by atoms with Crippen molar-refractivity contribution in [2.45, 2.75) is 13.2 Å². The fourth-order valence-electron chi connectivity index (χ4n) is 2.67. The number of fused-ring (bicyclic) bond motifs is 1. The van der Waals surface area contributed by atoms with Gasteiger partial charge in [-0.2, -0.15) is 5.01 Å². The first-order valence-corrected chi connectivity index (χ1v) is 9.10. The van der Waals surface area contributed by atoms with Crippen LogP contribution in [0.25, 0.3) is 10.1 Å². The Morgan fingerprint density at radius 2 is 1.96 bits per heavy atom. The Labute approximate surface area is 158 Å². The summed E-state index contributed by atoms with van der Waals surface area (Å²) in [6.07, 6.45) is -0.599. The van der Waals surface area contributed by atoms with Gasteiger partial charge in [-0.1, -0.05) is 53.5 Å². The highest BCUT2D eigenvalue weighted by atomic mass is 35.5. The molecular weight excluding hydrogens is 379 g/mol. The molecule has 2 aromatic carbocycles. The molecule has 0 N–H and O–H groups in total. The zero-order valence-electron chi connectivity index (χ0n) is 13.1. The third kappa shape index (κ3) is 2.88. The van der Waals surface area contributed by atoms with Crippen molar-refractivity contribution in [2.75, 3.05) is 0 Å². The Morgan fingerprint density at radius 3 is 2.68 bits per heavy atom. The zero-order valence-corrected chi connectivity index (χ0v) is 15.4. The van der Waals surface area contributed by atoms with E-state index >= 15 is 0 Å². The van der Waals surface area contributed by atoms with Crippen LogP contribution in [0, 0.1) is 0 Å². The van der Waals surface area contributed by atoms with E-state index in [9.17, 15) is 4.79 Å². The average Bonchev–Trinajstić information content (AvgIpc) is 3.18. The van der Waals surface area contributed by atoms with Crippen LogP contribution in [0.5, 0.6) is 0 Å². The molecule has 2 heterocycles. The number of hydrazone groups is 1. The molecule has 0 radical (unpaired) electrons. The predicted molar refractivity (Wildman–Crippen MR) is 101 cm³/mol. The molecule has 3 aromatic rings. The molecule has 4 nitrogen and oxygen atoms in total. The molecular formula is C18H12Cl2N2O2S. The van der Waals surface area contributed by atoms with Crippen LogP contribution in [-0.2, 0) is 9.53 Å². The maximum atomic E-state index is 12.0. The summed E-state index contributed by atoms with van der Waals surface area (Å²) >= 11 is 14.0. The zero-order chi connectivity index (χ0) is 17.6. The number of nitrogens with zero attached hydrogens (tertiary/aromatic N) is 2. The van der Waals surface area contributed by atoms with Gasteiger partial charge < -0.3 is 4.74 Å². The maximum absolute atomic E-state index is 12.0. The number of carbonyl (C=O) groups is 1. The van der Waals surface area contributed by atoms with Gasteiger partial charge in [-0.15, -0.1) is 16.4 Å². The molecule has 0 bridgehead atoms. The van der Waals surface area contributed by atoms with E-state index in [-0.39, 0.29) is 5.91 Å². The molecule has 1 unspecified atom stereocenters. The van der Waals surface area contributed by atoms with E-state index in [4.69, 9.17) is 27.9 Å². The van der Waals surface area contributed by atoms with Crippen molar-refractivity contribution in [1.82, 2.24) is 5.01 Å². The minimum Gasteiger partial charge on any atom is -0.445 e. The SMILES string of the molecule is CC(=O)N1N=C(c2sc3ccc(Cl)cc3c2Cl)OC1c1ccccc1. The van der Waals surface area contributed by atoms with Crippen LogP contribution < -0.4 is 0 Å². The molecule has 4 rings (SSSR count). The van der Waals surface area contributed by atoms with Crippen LogP contribution in [-0.4, -0.2) is 16.8 Å². The topological polar surface area (TPSA) is 41.9 Å². The molecule has 1 atom stereocenters. The lowest BCUT2D eigenvalue weighted by atomic mass is 10.2. The summed E-state index contributed by atoms with van der Waals surface area (Å²) in [6.45, 7) is 1.46. The third-order valence-electron chi connectivity index (χ3n) is 3.83. The second kappa shape index (κ2) is 6.33. The van der Waals surface area contributed by atoms with Crippen molar-refractivity contribution in [3.8, 4) is 0 Å². The molecule has 0 saturated carbocycles. The van der Waals surface area contributed by atoms with Gasteiger partial charge in [0.05, 0.1) is 5.02 Å². The Morgan fingerprint density at radius 1 is 1.20 bits per heavy atom. The number of halogens is 2. The van der Waals surface area contributed by atoms with Crippen molar-refractivity contribution in [2.24, 2.45) is 5.10 Å². The van der Waals surface area contributed by atoms with E-state index in [0.29, 0.717) is 20.8 Å². The van der Waals surface area contributed by atoms with Crippen molar-refractivity contribution >= 4 is 56.4 Å². The second-order valence-electron chi connectivity index (χ2n) is 5.54. The molecule has 1 aromatic heterocycles. The number of benzene rings is 2. The van der Waals surface area contributed by atoms with E-state index < -0.39 is 6.23 Å². The number of hydrogen-bond donors (Lipinski definition) is 0. The van der Waals surface area contributed by atoms with Crippen molar-refractivity contribution < 1.29 is 9.53 Å². The van der Waals surface area contributed by atoms with Crippen LogP contribution in [0.1, 0.15) is 23.6 Å². The van der Waals surface area contributed by atoms with E-state index in [1.54, 1.807) is 0 Å². The summed E-state index contributed by atoms with van der Waals surface area (Å²) in [5, 5.41) is 7.68. The molecule has 0 fully saturated rings. The molecule has 1 aliphatic rings. The van der Waals surface area contributed by atoms with Crippen LogP contribution in [0.4, 0.5) is 0 Å². The number of amides is 1. The molecule has 1 amide bonds. The van der Waals surface area contributed by atoms with Crippen molar-refractivity contribution in [3.63, 3.8) is 0 Å². The summed E-state index contributed by atoms with van der Waals surface area (Å²) in [5.41, 5.74) is 0.844. The summed E-state index contributed by atoms with van der Waals surface area (Å²) < 4.78 is 6.98. The molecule has 0 aliphatic carbocycles. The lowest BCUT2D eigenvalue weighted by Gasteiger charge is -2.18. The van der Waals surface area contributed by atoms with Crippen LogP contribution in [0.15, 0.2) is 53.6 Å². The van der Waals surface area contributed by atoms with Gasteiger partial charge in [-0.25, -0.2) is 0 Å². The minimum absolute atomic E-state index is 0.205. The quantitative estimate of drug-likeness (QED) is 0.583. The highest BCUT2D eigenvalue weighted by molar-refractivity contribution is 7.21. The van der Waals surface area contributed by atoms with E-state index in [1.807, 2.05) is 48.5 Å². The lowest BCUT2D eigenvalue weighted by Crippen LogP contribution is -2.25. The van der Waals surface area contributed by atoms with Gasteiger partial charge in [-0.3, -0.25) is 4.79 Å². The van der Waals surface area contributed by atoms with E-state index in [2.05, 4.69) is 5.10 Å². The fourth-order valence-corrected chi connectivity index (χ4v) is 4.25. The monoisotopic (exact) mass is 390 g/mol. The lowest BCUT2D eigenvalue weighted by molar-refractivity contribution is -0.135. The third-order valence-corrected chi connectivity index (χ3v) is 5.73. The Hall–Kier alpha value is -2.08. The largest absolute Gasteiger partial charge is 0.445 e. The fraction of sp³-hybridized carbons (Fsp3) is 0.111. The summed E-state index contributed by atoms with van der Waals surface area (Å²) in [5.74, 6) is 0.135. The number of carbonyl (C=O) groups excluding carboxylic acids is 1. The molecule has 7 heteroatoms. The first-order valence-electron chi connectivity index (χ1n) is 7.52. The highest BCUT2D eigenvalue weighted by Crippen LogP contribution is 2.40. The number of rotatable bonds is 2. The standard InChI is InChI=1S/C18H12Cl2N2O2S/c1-10(23)22-18(11-5-3-2-4-6-11)24-17(21-22)16-15(20)13-9-12(19)7-8-14(13)25-16/h2-9,18H,1H3. The maximum Gasteiger partial charge on any atom is 0.252 e. The Kier molecular flexibility index (Phi) is 4.15. The summed E-state index contributed by atoms with van der Waals surface area (Å²) in [7, 11) is 0. The van der Waals surface area contributed by atoms with E-state index in [0.717, 1.165) is 15.6 Å². The summed E-state index contributed by atoms with van der Waals surface area (Å²) in [6, 6.07) is 15.0. The molecule has 1 aliphatic heterocycles. The predicted octanol–water partition coefficient (Wildman–Crippen LogP) is 5.45. The average molecular weight is 391 g/mol. The smallest absolute Gasteiger partial charge is 0.252 e.